The molecule has 0 bridgehead atoms. The van der Waals surface area contributed by atoms with Crippen molar-refractivity contribution < 1.29 is 9.59 Å². The average Bonchev–Trinajstić information content (AvgIpc) is 2.59. The van der Waals surface area contributed by atoms with Gasteiger partial charge in [-0.2, -0.15) is 0 Å². The number of rotatable bonds is 7. The van der Waals surface area contributed by atoms with Crippen LogP contribution < -0.4 is 5.32 Å². The highest BCUT2D eigenvalue weighted by atomic mass is 79.9. The van der Waals surface area contributed by atoms with Gasteiger partial charge in [-0.25, -0.2) is 0 Å². The van der Waals surface area contributed by atoms with Crippen molar-refractivity contribution in [1.29, 1.82) is 0 Å². The van der Waals surface area contributed by atoms with Gasteiger partial charge in [-0.15, -0.1) is 0 Å². The fourth-order valence-electron chi connectivity index (χ4n) is 3.36. The van der Waals surface area contributed by atoms with Crippen LogP contribution >= 0.6 is 15.9 Å². The summed E-state index contributed by atoms with van der Waals surface area (Å²) in [6.45, 7) is 6.01. The van der Waals surface area contributed by atoms with Crippen LogP contribution in [0.1, 0.15) is 45.1 Å². The normalized spacial score (nSPS) is 15.9. The zero-order valence-electron chi connectivity index (χ0n) is 15.3. The molecule has 1 aromatic rings. The highest BCUT2D eigenvalue weighted by molar-refractivity contribution is 9.10. The van der Waals surface area contributed by atoms with E-state index < -0.39 is 0 Å². The Morgan fingerprint density at radius 1 is 1.20 bits per heavy atom. The first-order valence-electron chi connectivity index (χ1n) is 9.25. The maximum absolute atomic E-state index is 12.7. The van der Waals surface area contributed by atoms with E-state index in [0.717, 1.165) is 42.4 Å². The summed E-state index contributed by atoms with van der Waals surface area (Å²) in [6, 6.07) is 8.08. The zero-order valence-corrected chi connectivity index (χ0v) is 16.8. The van der Waals surface area contributed by atoms with E-state index >= 15 is 0 Å². The van der Waals surface area contributed by atoms with Crippen LogP contribution in [0.15, 0.2) is 28.7 Å². The van der Waals surface area contributed by atoms with Crippen LogP contribution in [0.25, 0.3) is 0 Å². The van der Waals surface area contributed by atoms with E-state index in [4.69, 9.17) is 0 Å². The van der Waals surface area contributed by atoms with Crippen molar-refractivity contribution in [2.45, 2.75) is 46.0 Å². The van der Waals surface area contributed by atoms with Gasteiger partial charge in [0.25, 0.3) is 0 Å². The minimum atomic E-state index is -0.108. The van der Waals surface area contributed by atoms with Crippen LogP contribution in [0, 0.1) is 11.8 Å². The lowest BCUT2D eigenvalue weighted by molar-refractivity contribution is -0.134. The summed E-state index contributed by atoms with van der Waals surface area (Å²) in [5.41, 5.74) is 1.14. The topological polar surface area (TPSA) is 49.4 Å². The molecule has 2 rings (SSSR count). The first-order chi connectivity index (χ1) is 12.0. The molecule has 0 unspecified atom stereocenters. The molecule has 5 heteroatoms. The first kappa shape index (κ1) is 20.0. The Bertz CT molecular complexity index is 583. The number of nitrogens with one attached hydrogen (secondary N) is 1. The van der Waals surface area contributed by atoms with E-state index in [0.29, 0.717) is 12.3 Å². The van der Waals surface area contributed by atoms with Gasteiger partial charge in [-0.05, 0) is 55.7 Å². The second-order valence-corrected chi connectivity index (χ2v) is 8.24. The van der Waals surface area contributed by atoms with E-state index in [2.05, 4.69) is 41.2 Å². The monoisotopic (exact) mass is 408 g/mol. The number of benzene rings is 1. The van der Waals surface area contributed by atoms with Crippen LogP contribution in [0.5, 0.6) is 0 Å². The smallest absolute Gasteiger partial charge is 0.241 e. The SMILES string of the molecule is CC(C)C[C@@H](Cc1cccc(Br)c1)C(=O)NCC(=O)N1CCCCC1. The van der Waals surface area contributed by atoms with E-state index in [1.807, 2.05) is 23.1 Å². The molecule has 2 amide bonds. The van der Waals surface area contributed by atoms with Gasteiger partial charge in [0.1, 0.15) is 0 Å². The summed E-state index contributed by atoms with van der Waals surface area (Å²) in [5.74, 6) is 0.349. The highest BCUT2D eigenvalue weighted by Crippen LogP contribution is 2.20. The molecule has 0 radical (unpaired) electrons. The lowest BCUT2D eigenvalue weighted by atomic mass is 9.90. The minimum Gasteiger partial charge on any atom is -0.347 e. The van der Waals surface area contributed by atoms with E-state index in [1.54, 1.807) is 0 Å². The molecule has 0 aromatic heterocycles. The third-order valence-corrected chi connectivity index (χ3v) is 5.11. The number of carbonyl (C=O) groups is 2. The predicted molar refractivity (Wildman–Crippen MR) is 104 cm³/mol. The largest absolute Gasteiger partial charge is 0.347 e. The Labute approximate surface area is 159 Å². The van der Waals surface area contributed by atoms with Crippen LogP contribution in [0.2, 0.25) is 0 Å². The highest BCUT2D eigenvalue weighted by Gasteiger charge is 2.22. The van der Waals surface area contributed by atoms with Crippen molar-refractivity contribution >= 4 is 27.7 Å². The van der Waals surface area contributed by atoms with Gasteiger partial charge < -0.3 is 10.2 Å². The van der Waals surface area contributed by atoms with Gasteiger partial charge in [-0.3, -0.25) is 9.59 Å². The maximum atomic E-state index is 12.7. The summed E-state index contributed by atoms with van der Waals surface area (Å²) in [4.78, 5) is 26.8. The standard InChI is InChI=1S/C20H29BrN2O2/c1-15(2)11-17(12-16-7-6-8-18(21)13-16)20(25)22-14-19(24)23-9-4-3-5-10-23/h6-8,13,15,17H,3-5,9-12,14H2,1-2H3,(H,22,25)/t17-/m0/s1. The van der Waals surface area contributed by atoms with E-state index in [1.165, 1.54) is 6.42 Å². The van der Waals surface area contributed by atoms with Crippen molar-refractivity contribution in [3.63, 3.8) is 0 Å². The average molecular weight is 409 g/mol. The molecule has 1 saturated heterocycles. The van der Waals surface area contributed by atoms with Gasteiger partial charge in [0.05, 0.1) is 6.54 Å². The summed E-state index contributed by atoms with van der Waals surface area (Å²) < 4.78 is 1.02. The minimum absolute atomic E-state index is 0.0148. The van der Waals surface area contributed by atoms with Crippen LogP contribution in [0.4, 0.5) is 0 Å². The first-order valence-corrected chi connectivity index (χ1v) is 10.0. The van der Waals surface area contributed by atoms with Crippen molar-refractivity contribution in [3.8, 4) is 0 Å². The molecular weight excluding hydrogens is 380 g/mol. The second kappa shape index (κ2) is 9.95. The van der Waals surface area contributed by atoms with Gasteiger partial charge >= 0.3 is 0 Å². The van der Waals surface area contributed by atoms with Gasteiger partial charge in [-0.1, -0.05) is 41.9 Å². The Hall–Kier alpha value is -1.36. The zero-order chi connectivity index (χ0) is 18.2. The van der Waals surface area contributed by atoms with Crippen molar-refractivity contribution in [3.05, 3.63) is 34.3 Å². The molecule has 0 spiro atoms. The lowest BCUT2D eigenvalue weighted by Gasteiger charge is -2.27. The summed E-state index contributed by atoms with van der Waals surface area (Å²) in [5, 5.41) is 2.88. The number of amides is 2. The Balaban J connectivity index is 1.91. The molecule has 1 aromatic carbocycles. The van der Waals surface area contributed by atoms with Crippen molar-refractivity contribution in [1.82, 2.24) is 10.2 Å². The van der Waals surface area contributed by atoms with Crippen molar-refractivity contribution in [2.24, 2.45) is 11.8 Å². The molecule has 1 heterocycles. The summed E-state index contributed by atoms with van der Waals surface area (Å²) >= 11 is 3.48. The number of likely N-dealkylation sites (tertiary alicyclic amines) is 1. The summed E-state index contributed by atoms with van der Waals surface area (Å²) in [6.07, 6.45) is 4.84. The second-order valence-electron chi connectivity index (χ2n) is 7.32. The van der Waals surface area contributed by atoms with Crippen molar-refractivity contribution in [2.75, 3.05) is 19.6 Å². The van der Waals surface area contributed by atoms with Gasteiger partial charge in [0.2, 0.25) is 11.8 Å². The van der Waals surface area contributed by atoms with Crippen LogP contribution in [-0.2, 0) is 16.0 Å². The molecule has 1 atom stereocenters. The molecule has 1 fully saturated rings. The molecule has 1 aliphatic heterocycles. The van der Waals surface area contributed by atoms with Crippen LogP contribution in [-0.4, -0.2) is 36.3 Å². The Morgan fingerprint density at radius 3 is 2.56 bits per heavy atom. The third-order valence-electron chi connectivity index (χ3n) is 4.62. The Morgan fingerprint density at radius 2 is 1.92 bits per heavy atom. The fraction of sp³-hybridized carbons (Fsp3) is 0.600. The fourth-order valence-corrected chi connectivity index (χ4v) is 3.81. The summed E-state index contributed by atoms with van der Waals surface area (Å²) in [7, 11) is 0. The third kappa shape index (κ3) is 6.81. The molecule has 0 aliphatic carbocycles. The van der Waals surface area contributed by atoms with Gasteiger partial charge in [0, 0.05) is 23.5 Å². The maximum Gasteiger partial charge on any atom is 0.241 e. The molecule has 1 N–H and O–H groups in total. The predicted octanol–water partition coefficient (Wildman–Crippen LogP) is 3.78. The number of nitrogens with zero attached hydrogens (tertiary/aromatic N) is 1. The quantitative estimate of drug-likeness (QED) is 0.745. The number of hydrogen-bond acceptors (Lipinski definition) is 2. The number of halogens is 1. The number of piperidine rings is 1. The number of hydrogen-bond donors (Lipinski definition) is 1. The number of carbonyl (C=O) groups excluding carboxylic acids is 2. The van der Waals surface area contributed by atoms with Gasteiger partial charge in [0.15, 0.2) is 0 Å². The van der Waals surface area contributed by atoms with E-state index in [-0.39, 0.29) is 24.3 Å². The molecule has 1 aliphatic rings. The molecule has 138 valence electrons. The Kier molecular flexibility index (Phi) is 7.94. The molecule has 25 heavy (non-hydrogen) atoms. The van der Waals surface area contributed by atoms with Crippen LogP contribution in [0.3, 0.4) is 0 Å². The molecule has 0 saturated carbocycles. The molecular formula is C20H29BrN2O2. The molecule has 4 nitrogen and oxygen atoms in total. The van der Waals surface area contributed by atoms with E-state index in [9.17, 15) is 9.59 Å². The lowest BCUT2D eigenvalue weighted by Crippen LogP contribution is -2.44.